The molecule has 0 N–H and O–H groups in total. The Labute approximate surface area is 223 Å². The summed E-state index contributed by atoms with van der Waals surface area (Å²) in [6.45, 7) is 17.6. The van der Waals surface area contributed by atoms with Crippen molar-refractivity contribution in [3.05, 3.63) is 58.1 Å². The van der Waals surface area contributed by atoms with Crippen LogP contribution in [0.5, 0.6) is 11.5 Å². The lowest BCUT2D eigenvalue weighted by Gasteiger charge is -2.18. The van der Waals surface area contributed by atoms with Gasteiger partial charge in [-0.2, -0.15) is 0 Å². The van der Waals surface area contributed by atoms with E-state index in [9.17, 15) is 0 Å². The predicted octanol–water partition coefficient (Wildman–Crippen LogP) is 11.1. The first-order valence-corrected chi connectivity index (χ1v) is 15.6. The van der Waals surface area contributed by atoms with Crippen LogP contribution in [0.25, 0.3) is 0 Å². The summed E-state index contributed by atoms with van der Waals surface area (Å²) >= 11 is 0. The number of hydrogen-bond acceptors (Lipinski definition) is 2. The van der Waals surface area contributed by atoms with Crippen LogP contribution < -0.4 is 9.05 Å². The van der Waals surface area contributed by atoms with Gasteiger partial charge in [-0.05, 0) is 105 Å². The molecule has 0 saturated heterocycles. The van der Waals surface area contributed by atoms with Crippen molar-refractivity contribution in [3.63, 3.8) is 0 Å². The largest absolute Gasteiger partial charge is 0.477 e. The molecule has 0 amide bonds. The third-order valence-electron chi connectivity index (χ3n) is 5.95. The maximum absolute atomic E-state index is 5.84. The van der Waals surface area contributed by atoms with E-state index < -0.39 is 0 Å². The van der Waals surface area contributed by atoms with Gasteiger partial charge in [0.2, 0.25) is 0 Å². The molecule has 3 atom stereocenters. The molecular weight excluding hydrogens is 466 g/mol. The molecule has 0 saturated carbocycles. The van der Waals surface area contributed by atoms with E-state index in [1.807, 2.05) is 0 Å². The van der Waals surface area contributed by atoms with Crippen molar-refractivity contribution in [2.24, 2.45) is 0 Å². The Bertz CT molecular complexity index is 805. The fourth-order valence-electron chi connectivity index (χ4n) is 4.07. The molecule has 202 valence electrons. The summed E-state index contributed by atoms with van der Waals surface area (Å²) in [5.41, 5.74) is 6.93. The average Bonchev–Trinajstić information content (AvgIpc) is 2.79. The SMILES string of the molecule is C.C.CCCCc1cc(C(C)CCC)c(C)cc1OPC.CCCCc1ccc(C)cc1OPC. The van der Waals surface area contributed by atoms with Crippen molar-refractivity contribution in [3.8, 4) is 11.5 Å². The lowest BCUT2D eigenvalue weighted by molar-refractivity contribution is 0.611. The Hall–Kier alpha value is -1.10. The van der Waals surface area contributed by atoms with E-state index in [0.717, 1.165) is 24.3 Å². The van der Waals surface area contributed by atoms with Crippen LogP contribution in [0.1, 0.15) is 115 Å². The van der Waals surface area contributed by atoms with Gasteiger partial charge in [0.15, 0.2) is 0 Å². The van der Waals surface area contributed by atoms with E-state index in [1.54, 1.807) is 0 Å². The Morgan fingerprint density at radius 3 is 1.80 bits per heavy atom. The van der Waals surface area contributed by atoms with Crippen molar-refractivity contribution < 1.29 is 9.05 Å². The molecule has 2 aromatic carbocycles. The third-order valence-corrected chi connectivity index (χ3v) is 6.80. The first-order valence-electron chi connectivity index (χ1n) is 12.8. The lowest BCUT2D eigenvalue weighted by Crippen LogP contribution is -2.00. The number of aryl methyl sites for hydroxylation is 4. The van der Waals surface area contributed by atoms with E-state index in [4.69, 9.17) is 9.05 Å². The molecule has 0 aliphatic heterocycles. The molecule has 0 bridgehead atoms. The summed E-state index contributed by atoms with van der Waals surface area (Å²) in [6, 6.07) is 11.2. The van der Waals surface area contributed by atoms with E-state index in [-0.39, 0.29) is 14.9 Å². The van der Waals surface area contributed by atoms with Gasteiger partial charge in [0, 0.05) is 0 Å². The van der Waals surface area contributed by atoms with E-state index >= 15 is 0 Å². The topological polar surface area (TPSA) is 18.5 Å². The van der Waals surface area contributed by atoms with Crippen molar-refractivity contribution in [2.75, 3.05) is 13.3 Å². The molecule has 0 aromatic heterocycles. The highest BCUT2D eigenvalue weighted by Crippen LogP contribution is 2.33. The second-order valence-corrected chi connectivity index (χ2v) is 10.2. The van der Waals surface area contributed by atoms with Gasteiger partial charge < -0.3 is 9.05 Å². The predicted molar refractivity (Wildman–Crippen MR) is 166 cm³/mol. The first kappa shape index (κ1) is 36.1. The van der Waals surface area contributed by atoms with Crippen LogP contribution in [0.2, 0.25) is 0 Å². The van der Waals surface area contributed by atoms with Gasteiger partial charge in [-0.15, -0.1) is 0 Å². The van der Waals surface area contributed by atoms with Gasteiger partial charge in [0.25, 0.3) is 0 Å². The number of rotatable bonds is 13. The molecule has 0 spiro atoms. The average molecular weight is 523 g/mol. The number of benzene rings is 2. The minimum atomic E-state index is 0. The van der Waals surface area contributed by atoms with Crippen molar-refractivity contribution in [2.45, 2.75) is 114 Å². The smallest absolute Gasteiger partial charge is 0.126 e. The summed E-state index contributed by atoms with van der Waals surface area (Å²) in [5, 5.41) is 0. The highest BCUT2D eigenvalue weighted by Gasteiger charge is 2.13. The molecule has 2 aromatic rings. The zero-order chi connectivity index (χ0) is 24.6. The Kier molecular flexibility index (Phi) is 21.7. The van der Waals surface area contributed by atoms with Crippen molar-refractivity contribution in [1.82, 2.24) is 0 Å². The minimum Gasteiger partial charge on any atom is -0.477 e. The standard InChI is InChI=1S/C17H29OP.C12H19OP.2CH4/c1-6-8-10-15-12-16(13(3)9-7-2)14(4)11-17(15)18-19-5;1-4-5-6-11-8-7-10(2)9-12(11)13-14-3;;/h11-13,19H,6-10H2,1-5H3;7-9,14H,4-6H2,1-3H3;2*1H4. The van der Waals surface area contributed by atoms with Gasteiger partial charge in [-0.25, -0.2) is 0 Å². The first-order chi connectivity index (χ1) is 15.9. The van der Waals surface area contributed by atoms with E-state index in [1.165, 1.54) is 66.3 Å². The van der Waals surface area contributed by atoms with Crippen LogP contribution in [-0.4, -0.2) is 13.3 Å². The molecule has 2 nitrogen and oxygen atoms in total. The van der Waals surface area contributed by atoms with Crippen LogP contribution in [0, 0.1) is 13.8 Å². The second kappa shape index (κ2) is 21.0. The lowest BCUT2D eigenvalue weighted by atomic mass is 9.90. The molecule has 0 radical (unpaired) electrons. The maximum atomic E-state index is 5.84. The Morgan fingerprint density at radius 1 is 0.743 bits per heavy atom. The Balaban J connectivity index is 0. The van der Waals surface area contributed by atoms with Crippen LogP contribution in [0.3, 0.4) is 0 Å². The zero-order valence-corrected chi connectivity index (χ0v) is 24.4. The van der Waals surface area contributed by atoms with Gasteiger partial charge in [0.1, 0.15) is 11.5 Å². The fraction of sp³-hybridized carbons (Fsp3) is 0.613. The molecular formula is C31H56O2P2. The second-order valence-electron chi connectivity index (χ2n) is 8.94. The maximum Gasteiger partial charge on any atom is 0.126 e. The normalized spacial score (nSPS) is 11.5. The van der Waals surface area contributed by atoms with Crippen LogP contribution in [0.15, 0.2) is 30.3 Å². The third kappa shape index (κ3) is 13.1. The van der Waals surface area contributed by atoms with Crippen LogP contribution >= 0.6 is 17.6 Å². The molecule has 4 heteroatoms. The molecule has 0 fully saturated rings. The summed E-state index contributed by atoms with van der Waals surface area (Å²) in [4.78, 5) is 0. The molecule has 0 aliphatic carbocycles. The minimum absolute atomic E-state index is 0. The molecule has 2 rings (SSSR count). The summed E-state index contributed by atoms with van der Waals surface area (Å²) in [7, 11) is 1.06. The quantitative estimate of drug-likeness (QED) is 0.244. The highest BCUT2D eigenvalue weighted by atomic mass is 31.1. The molecule has 0 heterocycles. The van der Waals surface area contributed by atoms with Crippen LogP contribution in [0.4, 0.5) is 0 Å². The number of unbranched alkanes of at least 4 members (excludes halogenated alkanes) is 2. The van der Waals surface area contributed by atoms with Gasteiger partial charge in [-0.3, -0.25) is 0 Å². The summed E-state index contributed by atoms with van der Waals surface area (Å²) in [6.07, 6.45) is 9.76. The molecule has 3 unspecified atom stereocenters. The van der Waals surface area contributed by atoms with Crippen molar-refractivity contribution in [1.29, 1.82) is 0 Å². The fourth-order valence-corrected chi connectivity index (χ4v) is 4.89. The monoisotopic (exact) mass is 522 g/mol. The van der Waals surface area contributed by atoms with Gasteiger partial charge in [0.05, 0.1) is 17.6 Å². The van der Waals surface area contributed by atoms with Crippen LogP contribution in [-0.2, 0) is 12.8 Å². The zero-order valence-electron chi connectivity index (χ0n) is 22.4. The molecule has 35 heavy (non-hydrogen) atoms. The number of hydrogen-bond donors (Lipinski definition) is 0. The Morgan fingerprint density at radius 2 is 1.29 bits per heavy atom. The molecule has 0 aliphatic rings. The highest BCUT2D eigenvalue weighted by molar-refractivity contribution is 7.31. The van der Waals surface area contributed by atoms with E-state index in [2.05, 4.69) is 85.2 Å². The van der Waals surface area contributed by atoms with E-state index in [0.29, 0.717) is 23.5 Å². The van der Waals surface area contributed by atoms with Gasteiger partial charge >= 0.3 is 0 Å². The van der Waals surface area contributed by atoms with Gasteiger partial charge in [-0.1, -0.05) is 80.0 Å². The van der Waals surface area contributed by atoms with Crippen molar-refractivity contribution >= 4 is 17.6 Å². The summed E-state index contributed by atoms with van der Waals surface area (Å²) < 4.78 is 11.5. The summed E-state index contributed by atoms with van der Waals surface area (Å²) in [5.74, 6) is 2.85.